The van der Waals surface area contributed by atoms with E-state index in [1.54, 1.807) is 6.92 Å². The average Bonchev–Trinajstić information content (AvgIpc) is 2.56. The van der Waals surface area contributed by atoms with Gasteiger partial charge in [-0.05, 0) is 24.5 Å². The molecule has 0 saturated carbocycles. The van der Waals surface area contributed by atoms with Crippen molar-refractivity contribution < 1.29 is 14.3 Å². The number of rotatable bonds is 5. The molecule has 3 nitrogen and oxygen atoms in total. The van der Waals surface area contributed by atoms with Gasteiger partial charge >= 0.3 is 11.9 Å². The fourth-order valence-electron chi connectivity index (χ4n) is 2.36. The Hall–Kier alpha value is -2.42. The summed E-state index contributed by atoms with van der Waals surface area (Å²) in [5.74, 6) is -1.86. The highest BCUT2D eigenvalue weighted by atomic mass is 16.6. The predicted molar refractivity (Wildman–Crippen MR) is 85.4 cm³/mol. The number of carbonyl (C=O) groups excluding carboxylic acids is 2. The summed E-state index contributed by atoms with van der Waals surface area (Å²) in [6.45, 7) is 3.65. The van der Waals surface area contributed by atoms with Gasteiger partial charge in [0.05, 0.1) is 11.8 Å². The summed E-state index contributed by atoms with van der Waals surface area (Å²) in [5.41, 5.74) is 1.71. The van der Waals surface area contributed by atoms with Gasteiger partial charge in [0, 0.05) is 0 Å². The molecule has 0 amide bonds. The molecule has 0 aliphatic rings. The number of ether oxygens (including phenoxy) is 1. The van der Waals surface area contributed by atoms with Crippen molar-refractivity contribution in [3.63, 3.8) is 0 Å². The molecule has 2 unspecified atom stereocenters. The Balaban J connectivity index is 2.06. The monoisotopic (exact) mass is 296 g/mol. The van der Waals surface area contributed by atoms with E-state index in [2.05, 4.69) is 0 Å². The number of hydrogen-bond acceptors (Lipinski definition) is 3. The Kier molecular flexibility index (Phi) is 5.48. The molecule has 2 aromatic rings. The summed E-state index contributed by atoms with van der Waals surface area (Å²) >= 11 is 0. The normalized spacial score (nSPS) is 13.2. The van der Waals surface area contributed by atoms with Gasteiger partial charge in [-0.1, -0.05) is 67.6 Å². The molecule has 0 fully saturated rings. The largest absolute Gasteiger partial charge is 0.392 e. The van der Waals surface area contributed by atoms with Crippen molar-refractivity contribution in [2.24, 2.45) is 0 Å². The summed E-state index contributed by atoms with van der Waals surface area (Å²) in [7, 11) is 0. The first-order chi connectivity index (χ1) is 10.6. The first kappa shape index (κ1) is 16.0. The van der Waals surface area contributed by atoms with Crippen molar-refractivity contribution in [1.29, 1.82) is 0 Å². The maximum Gasteiger partial charge on any atom is 0.321 e. The second-order valence-electron chi connectivity index (χ2n) is 5.24. The van der Waals surface area contributed by atoms with Crippen LogP contribution in [0.1, 0.15) is 43.2 Å². The molecule has 2 rings (SSSR count). The highest BCUT2D eigenvalue weighted by Crippen LogP contribution is 2.23. The third-order valence-corrected chi connectivity index (χ3v) is 3.75. The molecule has 2 aromatic carbocycles. The lowest BCUT2D eigenvalue weighted by atomic mass is 9.96. The zero-order chi connectivity index (χ0) is 15.9. The standard InChI is InChI=1S/C19H20O3/c1-3-17(16-12-8-5-9-13-16)19(21)22-18(20)14(2)15-10-6-4-7-11-15/h4-14,17H,3H2,1-2H3. The van der Waals surface area contributed by atoms with E-state index < -0.39 is 23.8 Å². The van der Waals surface area contributed by atoms with Crippen LogP contribution in [0, 0.1) is 0 Å². The van der Waals surface area contributed by atoms with Crippen LogP contribution in [0.4, 0.5) is 0 Å². The first-order valence-corrected chi connectivity index (χ1v) is 7.49. The molecule has 2 atom stereocenters. The summed E-state index contributed by atoms with van der Waals surface area (Å²) < 4.78 is 5.10. The molecule has 22 heavy (non-hydrogen) atoms. The maximum atomic E-state index is 12.3. The lowest BCUT2D eigenvalue weighted by Gasteiger charge is -2.16. The fraction of sp³-hybridized carbons (Fsp3) is 0.263. The van der Waals surface area contributed by atoms with E-state index in [1.165, 1.54) is 0 Å². The second kappa shape index (κ2) is 7.55. The number of benzene rings is 2. The average molecular weight is 296 g/mol. The minimum Gasteiger partial charge on any atom is -0.392 e. The molecule has 3 heteroatoms. The van der Waals surface area contributed by atoms with Gasteiger partial charge in [0.25, 0.3) is 0 Å². The van der Waals surface area contributed by atoms with Crippen LogP contribution in [0.5, 0.6) is 0 Å². The van der Waals surface area contributed by atoms with Gasteiger partial charge in [-0.2, -0.15) is 0 Å². The van der Waals surface area contributed by atoms with E-state index in [0.717, 1.165) is 11.1 Å². The van der Waals surface area contributed by atoms with Gasteiger partial charge in [0.2, 0.25) is 0 Å². The van der Waals surface area contributed by atoms with Crippen LogP contribution in [0.15, 0.2) is 60.7 Å². The maximum absolute atomic E-state index is 12.3. The van der Waals surface area contributed by atoms with E-state index in [4.69, 9.17) is 4.74 Å². The van der Waals surface area contributed by atoms with Crippen LogP contribution < -0.4 is 0 Å². The molecular formula is C19H20O3. The molecule has 0 spiro atoms. The zero-order valence-corrected chi connectivity index (χ0v) is 12.9. The quantitative estimate of drug-likeness (QED) is 0.617. The minimum absolute atomic E-state index is 0.409. The molecule has 0 N–H and O–H groups in total. The van der Waals surface area contributed by atoms with Crippen LogP contribution in [0.2, 0.25) is 0 Å². The van der Waals surface area contributed by atoms with Crippen LogP contribution in [-0.2, 0) is 14.3 Å². The highest BCUT2D eigenvalue weighted by Gasteiger charge is 2.26. The number of esters is 2. The van der Waals surface area contributed by atoms with Gasteiger partial charge in [-0.25, -0.2) is 0 Å². The third kappa shape index (κ3) is 3.82. The van der Waals surface area contributed by atoms with Crippen molar-refractivity contribution in [1.82, 2.24) is 0 Å². The number of hydrogen-bond donors (Lipinski definition) is 0. The van der Waals surface area contributed by atoms with E-state index in [9.17, 15) is 9.59 Å². The molecule has 114 valence electrons. The van der Waals surface area contributed by atoms with Crippen molar-refractivity contribution in [2.75, 3.05) is 0 Å². The van der Waals surface area contributed by atoms with E-state index in [0.29, 0.717) is 6.42 Å². The van der Waals surface area contributed by atoms with Crippen molar-refractivity contribution >= 4 is 11.9 Å². The topological polar surface area (TPSA) is 43.4 Å². The third-order valence-electron chi connectivity index (χ3n) is 3.75. The van der Waals surface area contributed by atoms with Crippen LogP contribution in [0.25, 0.3) is 0 Å². The Morgan fingerprint density at radius 3 is 1.86 bits per heavy atom. The van der Waals surface area contributed by atoms with E-state index in [-0.39, 0.29) is 0 Å². The van der Waals surface area contributed by atoms with Gasteiger partial charge in [0.1, 0.15) is 0 Å². The van der Waals surface area contributed by atoms with Crippen molar-refractivity contribution in [3.05, 3.63) is 71.8 Å². The van der Waals surface area contributed by atoms with Gasteiger partial charge in [-0.3, -0.25) is 9.59 Å². The molecule has 0 heterocycles. The molecule has 0 aliphatic carbocycles. The molecule has 0 aliphatic heterocycles. The fourth-order valence-corrected chi connectivity index (χ4v) is 2.36. The molecule has 0 saturated heterocycles. The Labute approximate surface area is 130 Å². The molecule has 0 aromatic heterocycles. The lowest BCUT2D eigenvalue weighted by Crippen LogP contribution is -2.22. The van der Waals surface area contributed by atoms with Gasteiger partial charge < -0.3 is 4.74 Å². The molecular weight excluding hydrogens is 276 g/mol. The zero-order valence-electron chi connectivity index (χ0n) is 12.9. The summed E-state index contributed by atoms with van der Waals surface area (Å²) in [5, 5.41) is 0. The highest BCUT2D eigenvalue weighted by molar-refractivity contribution is 5.92. The SMILES string of the molecule is CCC(C(=O)OC(=O)C(C)c1ccccc1)c1ccccc1. The van der Waals surface area contributed by atoms with Crippen molar-refractivity contribution in [2.45, 2.75) is 32.1 Å². The molecule has 0 bridgehead atoms. The van der Waals surface area contributed by atoms with Crippen molar-refractivity contribution in [3.8, 4) is 0 Å². The Bertz CT molecular complexity index is 620. The van der Waals surface area contributed by atoms with E-state index >= 15 is 0 Å². The summed E-state index contributed by atoms with van der Waals surface area (Å²) in [6.07, 6.45) is 0.593. The molecule has 0 radical (unpaired) electrons. The second-order valence-corrected chi connectivity index (χ2v) is 5.24. The lowest BCUT2D eigenvalue weighted by molar-refractivity contribution is -0.161. The Morgan fingerprint density at radius 1 is 0.864 bits per heavy atom. The van der Waals surface area contributed by atoms with Gasteiger partial charge in [-0.15, -0.1) is 0 Å². The summed E-state index contributed by atoms with van der Waals surface area (Å²) in [4.78, 5) is 24.4. The van der Waals surface area contributed by atoms with Crippen LogP contribution in [-0.4, -0.2) is 11.9 Å². The summed E-state index contributed by atoms with van der Waals surface area (Å²) in [6, 6.07) is 18.7. The van der Waals surface area contributed by atoms with Crippen LogP contribution in [0.3, 0.4) is 0 Å². The predicted octanol–water partition coefficient (Wildman–Crippen LogP) is 4.05. The number of carbonyl (C=O) groups is 2. The first-order valence-electron chi connectivity index (χ1n) is 7.49. The minimum atomic E-state index is -0.509. The van der Waals surface area contributed by atoms with Gasteiger partial charge in [0.15, 0.2) is 0 Å². The van der Waals surface area contributed by atoms with Crippen LogP contribution >= 0.6 is 0 Å². The smallest absolute Gasteiger partial charge is 0.321 e. The Morgan fingerprint density at radius 2 is 1.36 bits per heavy atom. The van der Waals surface area contributed by atoms with E-state index in [1.807, 2.05) is 67.6 Å².